The minimum atomic E-state index is -0.118. The summed E-state index contributed by atoms with van der Waals surface area (Å²) in [7, 11) is 0. The molecule has 0 saturated heterocycles. The molecule has 0 aliphatic rings. The zero-order chi connectivity index (χ0) is 16.1. The van der Waals surface area contributed by atoms with Gasteiger partial charge in [-0.1, -0.05) is 57.5 Å². The summed E-state index contributed by atoms with van der Waals surface area (Å²) in [5, 5.41) is 11.7. The molecule has 3 N–H and O–H groups in total. The highest BCUT2D eigenvalue weighted by Gasteiger charge is 2.16. The summed E-state index contributed by atoms with van der Waals surface area (Å²) in [6, 6.07) is 0. The highest BCUT2D eigenvalue weighted by atomic mass is 16.4. The number of hydrogen-bond donors (Lipinski definition) is 2. The van der Waals surface area contributed by atoms with E-state index in [-0.39, 0.29) is 17.7 Å². The van der Waals surface area contributed by atoms with Gasteiger partial charge in [-0.25, -0.2) is 0 Å². The Morgan fingerprint density at radius 3 is 2.24 bits per heavy atom. The lowest BCUT2D eigenvalue weighted by molar-refractivity contribution is -0.131. The molecule has 0 aromatic heterocycles. The van der Waals surface area contributed by atoms with E-state index in [9.17, 15) is 4.79 Å². The quantitative estimate of drug-likeness (QED) is 0.191. The van der Waals surface area contributed by atoms with Gasteiger partial charge in [0, 0.05) is 25.4 Å². The third-order valence-electron chi connectivity index (χ3n) is 3.84. The molecule has 0 spiro atoms. The van der Waals surface area contributed by atoms with Gasteiger partial charge in [-0.15, -0.1) is 0 Å². The molecule has 1 amide bonds. The predicted octanol–water partition coefficient (Wildman–Crippen LogP) is 3.36. The monoisotopic (exact) mass is 299 g/mol. The van der Waals surface area contributed by atoms with Crippen molar-refractivity contribution in [3.05, 3.63) is 0 Å². The van der Waals surface area contributed by atoms with Crippen LogP contribution >= 0.6 is 0 Å². The third kappa shape index (κ3) is 9.32. The fourth-order valence-electron chi connectivity index (χ4n) is 2.32. The van der Waals surface area contributed by atoms with Gasteiger partial charge in [0.2, 0.25) is 5.91 Å². The fraction of sp³-hybridized carbons (Fsp3) is 0.875. The Morgan fingerprint density at radius 2 is 1.71 bits per heavy atom. The summed E-state index contributed by atoms with van der Waals surface area (Å²) < 4.78 is 0. The molecule has 124 valence electrons. The first-order valence-electron chi connectivity index (χ1n) is 8.31. The summed E-state index contributed by atoms with van der Waals surface area (Å²) in [6.45, 7) is 7.22. The van der Waals surface area contributed by atoms with Gasteiger partial charge in [0.25, 0.3) is 0 Å². The lowest BCUT2D eigenvalue weighted by Crippen LogP contribution is -2.38. The molecule has 0 aliphatic carbocycles. The first kappa shape index (κ1) is 19.7. The van der Waals surface area contributed by atoms with Crippen molar-refractivity contribution < 1.29 is 10.0 Å². The van der Waals surface area contributed by atoms with E-state index < -0.39 is 0 Å². The fourth-order valence-corrected chi connectivity index (χ4v) is 2.32. The average Bonchev–Trinajstić information content (AvgIpc) is 2.50. The predicted molar refractivity (Wildman–Crippen MR) is 87.4 cm³/mol. The minimum absolute atomic E-state index is 0.118. The number of amidine groups is 1. The van der Waals surface area contributed by atoms with Gasteiger partial charge >= 0.3 is 0 Å². The van der Waals surface area contributed by atoms with Crippen LogP contribution in [0.5, 0.6) is 0 Å². The second-order valence-electron chi connectivity index (χ2n) is 5.73. The summed E-state index contributed by atoms with van der Waals surface area (Å²) in [5.41, 5.74) is 5.56. The molecule has 0 aromatic rings. The number of rotatable bonds is 12. The van der Waals surface area contributed by atoms with E-state index in [2.05, 4.69) is 12.1 Å². The molecule has 0 rings (SSSR count). The van der Waals surface area contributed by atoms with Crippen molar-refractivity contribution in [3.63, 3.8) is 0 Å². The van der Waals surface area contributed by atoms with E-state index >= 15 is 0 Å². The number of oxime groups is 1. The maximum Gasteiger partial charge on any atom is 0.222 e. The van der Waals surface area contributed by atoms with E-state index in [0.29, 0.717) is 19.5 Å². The van der Waals surface area contributed by atoms with Crippen LogP contribution in [0.2, 0.25) is 0 Å². The number of hydrogen-bond acceptors (Lipinski definition) is 3. The average molecular weight is 299 g/mol. The number of carbonyl (C=O) groups is 1. The molecule has 21 heavy (non-hydrogen) atoms. The molecule has 0 saturated carbocycles. The van der Waals surface area contributed by atoms with Crippen LogP contribution in [0.1, 0.15) is 72.1 Å². The highest BCUT2D eigenvalue weighted by molar-refractivity contribution is 5.83. The lowest BCUT2D eigenvalue weighted by atomic mass is 10.1. The van der Waals surface area contributed by atoms with Gasteiger partial charge in [0.05, 0.1) is 0 Å². The van der Waals surface area contributed by atoms with Crippen LogP contribution in [0.25, 0.3) is 0 Å². The van der Waals surface area contributed by atoms with Crippen molar-refractivity contribution in [1.82, 2.24) is 4.90 Å². The SMILES string of the molecule is CCCCCCCCCC(=O)N(CC)CC(C)C(N)=NO. The maximum absolute atomic E-state index is 12.1. The Kier molecular flexibility index (Phi) is 11.7. The van der Waals surface area contributed by atoms with Gasteiger partial charge in [0.15, 0.2) is 0 Å². The van der Waals surface area contributed by atoms with Gasteiger partial charge in [-0.3, -0.25) is 4.79 Å². The lowest BCUT2D eigenvalue weighted by Gasteiger charge is -2.24. The summed E-state index contributed by atoms with van der Waals surface area (Å²) >= 11 is 0. The largest absolute Gasteiger partial charge is 0.409 e. The van der Waals surface area contributed by atoms with Crippen molar-refractivity contribution in [2.24, 2.45) is 16.8 Å². The Morgan fingerprint density at radius 1 is 1.14 bits per heavy atom. The molecule has 0 bridgehead atoms. The molecule has 0 heterocycles. The Hall–Kier alpha value is -1.26. The van der Waals surface area contributed by atoms with E-state index in [0.717, 1.165) is 12.8 Å². The molecule has 0 radical (unpaired) electrons. The van der Waals surface area contributed by atoms with Crippen LogP contribution < -0.4 is 5.73 Å². The second kappa shape index (κ2) is 12.5. The maximum atomic E-state index is 12.1. The van der Waals surface area contributed by atoms with E-state index in [4.69, 9.17) is 10.9 Å². The summed E-state index contributed by atoms with van der Waals surface area (Å²) in [4.78, 5) is 13.9. The molecular formula is C16H33N3O2. The van der Waals surface area contributed by atoms with Crippen LogP contribution in [-0.4, -0.2) is 34.9 Å². The van der Waals surface area contributed by atoms with Gasteiger partial charge in [-0.05, 0) is 13.3 Å². The smallest absolute Gasteiger partial charge is 0.222 e. The summed E-state index contributed by atoms with van der Waals surface area (Å²) in [5.74, 6) is 0.230. The van der Waals surface area contributed by atoms with Gasteiger partial charge in [0.1, 0.15) is 5.84 Å². The van der Waals surface area contributed by atoms with Crippen LogP contribution in [-0.2, 0) is 4.79 Å². The van der Waals surface area contributed by atoms with E-state index in [1.165, 1.54) is 32.1 Å². The van der Waals surface area contributed by atoms with Gasteiger partial charge in [-0.2, -0.15) is 0 Å². The van der Waals surface area contributed by atoms with Gasteiger partial charge < -0.3 is 15.8 Å². The molecule has 5 heteroatoms. The van der Waals surface area contributed by atoms with E-state index in [1.807, 2.05) is 13.8 Å². The molecule has 0 aromatic carbocycles. The summed E-state index contributed by atoms with van der Waals surface area (Å²) in [6.07, 6.45) is 9.08. The molecule has 1 unspecified atom stereocenters. The van der Waals surface area contributed by atoms with Crippen molar-refractivity contribution in [1.29, 1.82) is 0 Å². The molecular weight excluding hydrogens is 266 g/mol. The highest BCUT2D eigenvalue weighted by Crippen LogP contribution is 2.10. The number of unbranched alkanes of at least 4 members (excludes halogenated alkanes) is 6. The third-order valence-corrected chi connectivity index (χ3v) is 3.84. The normalized spacial score (nSPS) is 13.2. The Labute approximate surface area is 129 Å². The Bertz CT molecular complexity index is 306. The number of amides is 1. The van der Waals surface area contributed by atoms with E-state index in [1.54, 1.807) is 4.90 Å². The molecule has 0 aliphatic heterocycles. The molecule has 0 fully saturated rings. The zero-order valence-corrected chi connectivity index (χ0v) is 14.0. The number of carbonyl (C=O) groups excluding carboxylic acids is 1. The van der Waals surface area contributed by atoms with Crippen molar-refractivity contribution in [2.45, 2.75) is 72.1 Å². The topological polar surface area (TPSA) is 78.9 Å². The Balaban J connectivity index is 3.90. The first-order valence-corrected chi connectivity index (χ1v) is 8.31. The van der Waals surface area contributed by atoms with Crippen LogP contribution in [0.3, 0.4) is 0 Å². The number of nitrogens with zero attached hydrogens (tertiary/aromatic N) is 2. The van der Waals surface area contributed by atoms with Crippen LogP contribution in [0.4, 0.5) is 0 Å². The first-order chi connectivity index (χ1) is 10.1. The molecule has 5 nitrogen and oxygen atoms in total. The van der Waals surface area contributed by atoms with Crippen molar-refractivity contribution in [3.8, 4) is 0 Å². The minimum Gasteiger partial charge on any atom is -0.409 e. The zero-order valence-electron chi connectivity index (χ0n) is 14.0. The van der Waals surface area contributed by atoms with Crippen LogP contribution in [0, 0.1) is 5.92 Å². The van der Waals surface area contributed by atoms with Crippen molar-refractivity contribution in [2.75, 3.05) is 13.1 Å². The second-order valence-corrected chi connectivity index (χ2v) is 5.73. The van der Waals surface area contributed by atoms with Crippen molar-refractivity contribution >= 4 is 11.7 Å². The standard InChI is InChI=1S/C16H33N3O2/c1-4-6-7-8-9-10-11-12-15(20)19(5-2)13-14(3)16(17)18-21/h14,21H,4-13H2,1-3H3,(H2,17,18). The number of nitrogens with two attached hydrogens (primary N) is 1. The molecule has 1 atom stereocenters. The van der Waals surface area contributed by atoms with Crippen LogP contribution in [0.15, 0.2) is 5.16 Å².